The molecule has 3 rings (SSSR count). The first-order valence-electron chi connectivity index (χ1n) is 8.96. The van der Waals surface area contributed by atoms with Gasteiger partial charge in [0.25, 0.3) is 0 Å². The summed E-state index contributed by atoms with van der Waals surface area (Å²) in [6, 6.07) is 9.67. The molecule has 1 saturated heterocycles. The van der Waals surface area contributed by atoms with Crippen LogP contribution >= 0.6 is 0 Å². The van der Waals surface area contributed by atoms with Crippen molar-refractivity contribution >= 4 is 23.6 Å². The lowest BCUT2D eigenvalue weighted by molar-refractivity contribution is -0.921. The smallest absolute Gasteiger partial charge is 0.314 e. The maximum absolute atomic E-state index is 12.0. The van der Waals surface area contributed by atoms with Crippen molar-refractivity contribution < 1.29 is 14.4 Å². The molecule has 0 spiro atoms. The minimum atomic E-state index is -0.105. The highest BCUT2D eigenvalue weighted by Gasteiger charge is 2.30. The van der Waals surface area contributed by atoms with E-state index in [1.165, 1.54) is 4.90 Å². The summed E-state index contributed by atoms with van der Waals surface area (Å²) in [5.41, 5.74) is 6.73. The topological polar surface area (TPSA) is 107 Å². The molecule has 8 heteroatoms. The van der Waals surface area contributed by atoms with Crippen LogP contribution in [0.4, 0.5) is 17.6 Å². The number of hydrogen-bond donors (Lipinski definition) is 3. The number of hydrogen-bond acceptors (Lipinski definition) is 7. The Labute approximate surface area is 152 Å². The van der Waals surface area contributed by atoms with E-state index in [4.69, 9.17) is 10.5 Å². The lowest BCUT2D eigenvalue weighted by Crippen LogP contribution is -3.12. The molecule has 8 nitrogen and oxygen atoms in total. The van der Waals surface area contributed by atoms with E-state index in [2.05, 4.69) is 20.3 Å². The molecule has 2 heterocycles. The molecule has 0 aliphatic carbocycles. The van der Waals surface area contributed by atoms with Gasteiger partial charge in [-0.3, -0.25) is 4.79 Å². The van der Waals surface area contributed by atoms with Crippen LogP contribution in [0.3, 0.4) is 0 Å². The minimum Gasteiger partial charge on any atom is -0.466 e. The molecule has 1 unspecified atom stereocenters. The number of rotatable bonds is 6. The Bertz CT molecular complexity index is 740. The van der Waals surface area contributed by atoms with E-state index in [0.29, 0.717) is 24.9 Å². The lowest BCUT2D eigenvalue weighted by atomic mass is 9.98. The number of anilines is 3. The van der Waals surface area contributed by atoms with Crippen molar-refractivity contribution in [3.63, 3.8) is 0 Å². The highest BCUT2D eigenvalue weighted by Crippen LogP contribution is 2.13. The van der Waals surface area contributed by atoms with E-state index < -0.39 is 0 Å². The van der Waals surface area contributed by atoms with E-state index in [9.17, 15) is 4.79 Å². The molecule has 0 radical (unpaired) electrons. The molecular weight excluding hydrogens is 332 g/mol. The van der Waals surface area contributed by atoms with Crippen molar-refractivity contribution in [1.82, 2.24) is 15.0 Å². The van der Waals surface area contributed by atoms with Crippen molar-refractivity contribution in [3.8, 4) is 0 Å². The summed E-state index contributed by atoms with van der Waals surface area (Å²) in [6.07, 6.45) is 1.86. The molecule has 0 bridgehead atoms. The summed E-state index contributed by atoms with van der Waals surface area (Å²) >= 11 is 0. The molecule has 26 heavy (non-hydrogen) atoms. The van der Waals surface area contributed by atoms with Gasteiger partial charge >= 0.3 is 5.97 Å². The quantitative estimate of drug-likeness (QED) is 0.648. The number of nitrogen functional groups attached to an aromatic ring is 1. The number of benzene rings is 1. The second kappa shape index (κ2) is 8.57. The van der Waals surface area contributed by atoms with Gasteiger partial charge in [0.2, 0.25) is 11.9 Å². The van der Waals surface area contributed by atoms with Crippen LogP contribution in [0.1, 0.15) is 25.6 Å². The Balaban J connectivity index is 1.66. The van der Waals surface area contributed by atoms with Gasteiger partial charge in [0.15, 0.2) is 5.82 Å². The number of carbonyl (C=O) groups excluding carboxylic acids is 1. The molecule has 1 aromatic heterocycles. The SMILES string of the molecule is CCOC(=O)[C@H]1CCC[NH+](Cc2nc(N)nc(Nc3ccccc3)n2)C1. The number of ether oxygens (including phenoxy) is 1. The average molecular weight is 357 g/mol. The standard InChI is InChI=1S/C18H24N6O2/c1-2-26-16(25)13-7-6-10-24(11-13)12-15-21-17(19)23-18(22-15)20-14-8-4-3-5-9-14/h3-5,8-9,13H,2,6-7,10-12H2,1H3,(H3,19,20,21,22,23)/p+1/t13-/m0/s1. The molecule has 1 aliphatic heterocycles. The molecule has 1 aromatic carbocycles. The lowest BCUT2D eigenvalue weighted by Gasteiger charge is -2.28. The molecule has 2 aromatic rings. The third-order valence-corrected chi connectivity index (χ3v) is 4.37. The molecule has 138 valence electrons. The van der Waals surface area contributed by atoms with Crippen molar-refractivity contribution in [2.24, 2.45) is 5.92 Å². The normalized spacial score (nSPS) is 19.7. The number of likely N-dealkylation sites (tertiary alicyclic amines) is 1. The Morgan fingerprint density at radius 3 is 2.88 bits per heavy atom. The third kappa shape index (κ3) is 4.89. The Kier molecular flexibility index (Phi) is 5.96. The van der Waals surface area contributed by atoms with Crippen molar-refractivity contribution in [2.45, 2.75) is 26.3 Å². The van der Waals surface area contributed by atoms with Gasteiger partial charge in [-0.25, -0.2) is 0 Å². The predicted molar refractivity (Wildman–Crippen MR) is 97.7 cm³/mol. The summed E-state index contributed by atoms with van der Waals surface area (Å²) in [5.74, 6) is 1.07. The number of aromatic nitrogens is 3. The first-order chi connectivity index (χ1) is 12.6. The fraction of sp³-hybridized carbons (Fsp3) is 0.444. The van der Waals surface area contributed by atoms with E-state index in [1.807, 2.05) is 37.3 Å². The van der Waals surface area contributed by atoms with Crippen LogP contribution in [-0.2, 0) is 16.1 Å². The first kappa shape index (κ1) is 18.1. The van der Waals surface area contributed by atoms with E-state index in [-0.39, 0.29) is 17.8 Å². The number of esters is 1. The second-order valence-electron chi connectivity index (χ2n) is 6.40. The average Bonchev–Trinajstić information content (AvgIpc) is 2.62. The van der Waals surface area contributed by atoms with Gasteiger partial charge in [-0.05, 0) is 31.9 Å². The van der Waals surface area contributed by atoms with Crippen LogP contribution < -0.4 is 16.0 Å². The fourth-order valence-corrected chi connectivity index (χ4v) is 3.22. The zero-order chi connectivity index (χ0) is 18.4. The van der Waals surface area contributed by atoms with Gasteiger partial charge in [0.05, 0.1) is 19.7 Å². The maximum Gasteiger partial charge on any atom is 0.314 e. The summed E-state index contributed by atoms with van der Waals surface area (Å²) in [4.78, 5) is 26.1. The van der Waals surface area contributed by atoms with Crippen molar-refractivity contribution in [1.29, 1.82) is 0 Å². The van der Waals surface area contributed by atoms with E-state index in [1.54, 1.807) is 0 Å². The largest absolute Gasteiger partial charge is 0.466 e. The molecule has 1 aliphatic rings. The summed E-state index contributed by atoms with van der Waals surface area (Å²) in [5, 5.41) is 3.14. The molecular formula is C18H25N6O2+. The highest BCUT2D eigenvalue weighted by molar-refractivity contribution is 5.72. The van der Waals surface area contributed by atoms with Crippen LogP contribution in [0.25, 0.3) is 0 Å². The van der Waals surface area contributed by atoms with Crippen LogP contribution in [0, 0.1) is 5.92 Å². The number of nitrogens with one attached hydrogen (secondary N) is 2. The van der Waals surface area contributed by atoms with Crippen LogP contribution in [0.2, 0.25) is 0 Å². The van der Waals surface area contributed by atoms with Gasteiger partial charge in [0.1, 0.15) is 12.5 Å². The zero-order valence-electron chi connectivity index (χ0n) is 14.9. The number of para-hydroxylation sites is 1. The zero-order valence-corrected chi connectivity index (χ0v) is 14.9. The Hall–Kier alpha value is -2.74. The number of carbonyl (C=O) groups is 1. The van der Waals surface area contributed by atoms with Crippen LogP contribution in [-0.4, -0.2) is 40.6 Å². The van der Waals surface area contributed by atoms with Gasteiger partial charge in [-0.1, -0.05) is 18.2 Å². The van der Waals surface area contributed by atoms with E-state index >= 15 is 0 Å². The van der Waals surface area contributed by atoms with Gasteiger partial charge in [0, 0.05) is 5.69 Å². The summed E-state index contributed by atoms with van der Waals surface area (Å²) in [6.45, 7) is 4.56. The Morgan fingerprint density at radius 2 is 2.12 bits per heavy atom. The molecule has 0 amide bonds. The molecule has 2 atom stereocenters. The maximum atomic E-state index is 12.0. The molecule has 1 fully saturated rings. The highest BCUT2D eigenvalue weighted by atomic mass is 16.5. The van der Waals surface area contributed by atoms with Gasteiger partial charge < -0.3 is 20.7 Å². The van der Waals surface area contributed by atoms with Crippen LogP contribution in [0.5, 0.6) is 0 Å². The third-order valence-electron chi connectivity index (χ3n) is 4.37. The minimum absolute atomic E-state index is 0.0557. The number of piperidine rings is 1. The predicted octanol–water partition coefficient (Wildman–Crippen LogP) is 0.555. The van der Waals surface area contributed by atoms with Crippen molar-refractivity contribution in [3.05, 3.63) is 36.2 Å². The summed E-state index contributed by atoms with van der Waals surface area (Å²) < 4.78 is 5.16. The summed E-state index contributed by atoms with van der Waals surface area (Å²) in [7, 11) is 0. The monoisotopic (exact) mass is 357 g/mol. The first-order valence-corrected chi connectivity index (χ1v) is 8.96. The fourth-order valence-electron chi connectivity index (χ4n) is 3.22. The number of nitrogens with zero attached hydrogens (tertiary/aromatic N) is 3. The van der Waals surface area contributed by atoms with Crippen molar-refractivity contribution in [2.75, 3.05) is 30.7 Å². The molecule has 4 N–H and O–H groups in total. The Morgan fingerprint density at radius 1 is 1.31 bits per heavy atom. The number of quaternary nitrogens is 1. The van der Waals surface area contributed by atoms with Gasteiger partial charge in [-0.2, -0.15) is 15.0 Å². The van der Waals surface area contributed by atoms with Crippen LogP contribution in [0.15, 0.2) is 30.3 Å². The van der Waals surface area contributed by atoms with E-state index in [0.717, 1.165) is 31.6 Å². The molecule has 0 saturated carbocycles. The second-order valence-corrected chi connectivity index (χ2v) is 6.40. The number of nitrogens with two attached hydrogens (primary N) is 1. The van der Waals surface area contributed by atoms with Gasteiger partial charge in [-0.15, -0.1) is 0 Å².